The number of carbonyl (C=O) groups is 4. The zero-order chi connectivity index (χ0) is 19.2. The summed E-state index contributed by atoms with van der Waals surface area (Å²) in [5, 5.41) is 22.3. The van der Waals surface area contributed by atoms with E-state index in [1.165, 1.54) is 6.92 Å². The summed E-state index contributed by atoms with van der Waals surface area (Å²) in [5.41, 5.74) is 0. The highest BCUT2D eigenvalue weighted by atomic mass is 32.2. The Morgan fingerprint density at radius 2 is 1.92 bits per heavy atom. The number of nitrogens with one attached hydrogen (secondary N) is 2. The normalized spacial score (nSPS) is 11.2. The number of carbonyl (C=O) groups excluding carboxylic acids is 3. The van der Waals surface area contributed by atoms with Crippen molar-refractivity contribution >= 4 is 35.3 Å². The third-order valence-electron chi connectivity index (χ3n) is 2.40. The second kappa shape index (κ2) is 12.9. The van der Waals surface area contributed by atoms with Gasteiger partial charge in [0.2, 0.25) is 11.7 Å². The summed E-state index contributed by atoms with van der Waals surface area (Å²) >= 11 is 0.904. The predicted octanol–water partition coefficient (Wildman–Crippen LogP) is -1.78. The number of carboxylic acids is 1. The Labute approximate surface area is 146 Å². The average Bonchev–Trinajstić information content (AvgIpc) is 2.51. The van der Waals surface area contributed by atoms with Gasteiger partial charge in [0.15, 0.2) is 0 Å². The van der Waals surface area contributed by atoms with Gasteiger partial charge in [0.25, 0.3) is 11.0 Å². The minimum Gasteiger partial charge on any atom is -0.480 e. The minimum atomic E-state index is -1.24. The van der Waals surface area contributed by atoms with Crippen LogP contribution in [0.2, 0.25) is 0 Å². The molecule has 2 amide bonds. The molecule has 0 heterocycles. The lowest BCUT2D eigenvalue weighted by Crippen LogP contribution is -2.42. The Bertz CT molecular complexity index is 500. The van der Waals surface area contributed by atoms with Gasteiger partial charge in [-0.05, 0) is 0 Å². The summed E-state index contributed by atoms with van der Waals surface area (Å²) < 4.78 is 4.92. The molecule has 13 heteroatoms. The van der Waals surface area contributed by atoms with Crippen LogP contribution in [0.1, 0.15) is 6.92 Å². The van der Waals surface area contributed by atoms with Crippen LogP contribution in [0.25, 0.3) is 0 Å². The van der Waals surface area contributed by atoms with Gasteiger partial charge in [-0.15, -0.1) is 10.1 Å². The second-order valence-electron chi connectivity index (χ2n) is 4.45. The fourth-order valence-electron chi connectivity index (χ4n) is 1.36. The maximum atomic E-state index is 11.6. The van der Waals surface area contributed by atoms with Crippen LogP contribution in [0.5, 0.6) is 0 Å². The summed E-state index contributed by atoms with van der Waals surface area (Å²) in [5.74, 6) is -3.67. The van der Waals surface area contributed by atoms with Gasteiger partial charge >= 0.3 is 5.97 Å². The molecule has 0 unspecified atom stereocenters. The van der Waals surface area contributed by atoms with Gasteiger partial charge in [-0.1, -0.05) is 0 Å². The molecular formula is C12H19N3O9S. The lowest BCUT2D eigenvalue weighted by molar-refractivity contribution is -0.758. The number of thioether (sulfide) groups is 1. The maximum Gasteiger partial charge on any atom is 0.327 e. The summed E-state index contributed by atoms with van der Waals surface area (Å²) in [6.07, 6.45) is 0. The molecule has 25 heavy (non-hydrogen) atoms. The van der Waals surface area contributed by atoms with Crippen molar-refractivity contribution in [2.45, 2.75) is 13.0 Å². The van der Waals surface area contributed by atoms with E-state index >= 15 is 0 Å². The molecule has 1 atom stereocenters. The number of nitrogens with zero attached hydrogens (tertiary/aromatic N) is 1. The van der Waals surface area contributed by atoms with Crippen LogP contribution in [-0.4, -0.2) is 77.7 Å². The molecule has 0 radical (unpaired) electrons. The standard InChI is InChI=1S/C12H19N3O9S/c1-8(16)14-9(12(19)20)6-25-7-10(17)11(18)13-2-3-23-4-5-24-15(21)22/h9H,2-7H2,1H3,(H,13,18)(H,14,16)(H,19,20)/t9-/m0/s1. The minimum absolute atomic E-state index is 0.0251. The van der Waals surface area contributed by atoms with Crippen LogP contribution in [0.3, 0.4) is 0 Å². The molecule has 0 aromatic rings. The number of aliphatic carboxylic acids is 1. The molecule has 0 rings (SSSR count). The third-order valence-corrected chi connectivity index (χ3v) is 3.44. The monoisotopic (exact) mass is 381 g/mol. The number of ether oxygens (including phenoxy) is 1. The summed E-state index contributed by atoms with van der Waals surface area (Å²) in [4.78, 5) is 58.6. The van der Waals surface area contributed by atoms with Crippen molar-refractivity contribution in [3.05, 3.63) is 10.1 Å². The van der Waals surface area contributed by atoms with Crippen LogP contribution in [0.15, 0.2) is 0 Å². The Balaban J connectivity index is 3.84. The van der Waals surface area contributed by atoms with Gasteiger partial charge in [-0.2, -0.15) is 11.8 Å². The van der Waals surface area contributed by atoms with Crippen LogP contribution >= 0.6 is 11.8 Å². The van der Waals surface area contributed by atoms with Gasteiger partial charge in [0.05, 0.1) is 19.0 Å². The molecule has 0 saturated carbocycles. The Kier molecular flexibility index (Phi) is 11.7. The molecule has 0 spiro atoms. The number of hydrogen-bond acceptors (Lipinski definition) is 9. The van der Waals surface area contributed by atoms with Crippen LogP contribution < -0.4 is 10.6 Å². The number of Topliss-reactive ketones (excluding diaryl/α,β-unsaturated/α-hetero) is 1. The van der Waals surface area contributed by atoms with Crippen molar-refractivity contribution in [2.24, 2.45) is 0 Å². The van der Waals surface area contributed by atoms with E-state index < -0.39 is 34.7 Å². The van der Waals surface area contributed by atoms with Gasteiger partial charge in [0.1, 0.15) is 12.6 Å². The van der Waals surface area contributed by atoms with Crippen molar-refractivity contribution < 1.29 is 38.9 Å². The van der Waals surface area contributed by atoms with Crippen LogP contribution in [-0.2, 0) is 28.8 Å². The summed E-state index contributed by atoms with van der Waals surface area (Å²) in [6.45, 7) is 0.953. The molecule has 0 fully saturated rings. The molecule has 0 aliphatic rings. The highest BCUT2D eigenvalue weighted by molar-refractivity contribution is 8.00. The first kappa shape index (κ1) is 22.6. The lowest BCUT2D eigenvalue weighted by Gasteiger charge is -2.12. The highest BCUT2D eigenvalue weighted by Gasteiger charge is 2.20. The smallest absolute Gasteiger partial charge is 0.327 e. The van der Waals surface area contributed by atoms with Crippen molar-refractivity contribution in [1.82, 2.24) is 10.6 Å². The first-order valence-corrected chi connectivity index (χ1v) is 8.13. The second-order valence-corrected chi connectivity index (χ2v) is 5.49. The van der Waals surface area contributed by atoms with Crippen LogP contribution in [0, 0.1) is 10.1 Å². The van der Waals surface area contributed by atoms with E-state index in [-0.39, 0.29) is 37.9 Å². The van der Waals surface area contributed by atoms with E-state index in [0.717, 1.165) is 11.8 Å². The Hall–Kier alpha value is -2.41. The van der Waals surface area contributed by atoms with E-state index in [4.69, 9.17) is 9.84 Å². The van der Waals surface area contributed by atoms with E-state index in [1.807, 2.05) is 0 Å². The number of amides is 2. The number of carboxylic acid groups (broad SMARTS) is 1. The topological polar surface area (TPSA) is 174 Å². The SMILES string of the molecule is CC(=O)N[C@@H](CSCC(=O)C(=O)NCCOCCO[N+](=O)[O-])C(=O)O. The fraction of sp³-hybridized carbons (Fsp3) is 0.667. The third kappa shape index (κ3) is 12.7. The molecule has 0 aliphatic heterocycles. The highest BCUT2D eigenvalue weighted by Crippen LogP contribution is 2.04. The Morgan fingerprint density at radius 3 is 2.48 bits per heavy atom. The summed E-state index contributed by atoms with van der Waals surface area (Å²) in [7, 11) is 0. The zero-order valence-corrected chi connectivity index (χ0v) is 14.2. The molecular weight excluding hydrogens is 362 g/mol. The van der Waals surface area contributed by atoms with Crippen LogP contribution in [0.4, 0.5) is 0 Å². The number of hydrogen-bond donors (Lipinski definition) is 3. The van der Waals surface area contributed by atoms with Gasteiger partial charge in [0, 0.05) is 19.2 Å². The molecule has 0 aromatic heterocycles. The molecule has 3 N–H and O–H groups in total. The first-order chi connectivity index (χ1) is 11.7. The molecule has 0 saturated heterocycles. The molecule has 12 nitrogen and oxygen atoms in total. The van der Waals surface area contributed by atoms with E-state index in [2.05, 4.69) is 15.5 Å². The van der Waals surface area contributed by atoms with Crippen molar-refractivity contribution in [3.63, 3.8) is 0 Å². The van der Waals surface area contributed by atoms with Gasteiger partial charge in [-0.25, -0.2) is 4.79 Å². The number of ketones is 1. The summed E-state index contributed by atoms with van der Waals surface area (Å²) in [6, 6.07) is -1.15. The quantitative estimate of drug-likeness (QED) is 0.135. The van der Waals surface area contributed by atoms with E-state index in [0.29, 0.717) is 0 Å². The number of rotatable bonds is 14. The van der Waals surface area contributed by atoms with Gasteiger partial charge in [-0.3, -0.25) is 14.4 Å². The van der Waals surface area contributed by atoms with Crippen molar-refractivity contribution in [2.75, 3.05) is 37.9 Å². The van der Waals surface area contributed by atoms with Crippen molar-refractivity contribution in [3.8, 4) is 0 Å². The van der Waals surface area contributed by atoms with Gasteiger partial charge < -0.3 is 25.3 Å². The average molecular weight is 381 g/mol. The molecule has 0 bridgehead atoms. The lowest BCUT2D eigenvalue weighted by atomic mass is 10.3. The molecule has 0 aliphatic carbocycles. The van der Waals surface area contributed by atoms with E-state index in [9.17, 15) is 29.3 Å². The van der Waals surface area contributed by atoms with Crippen molar-refractivity contribution in [1.29, 1.82) is 0 Å². The van der Waals surface area contributed by atoms with E-state index in [1.54, 1.807) is 0 Å². The molecule has 0 aromatic carbocycles. The first-order valence-electron chi connectivity index (χ1n) is 6.97. The molecule has 142 valence electrons. The fourth-order valence-corrected chi connectivity index (χ4v) is 2.26. The maximum absolute atomic E-state index is 11.6. The Morgan fingerprint density at radius 1 is 1.24 bits per heavy atom. The predicted molar refractivity (Wildman–Crippen MR) is 84.3 cm³/mol. The zero-order valence-electron chi connectivity index (χ0n) is 13.4. The largest absolute Gasteiger partial charge is 0.480 e.